The fourth-order valence-electron chi connectivity index (χ4n) is 2.70. The molecule has 0 radical (unpaired) electrons. The fourth-order valence-corrected chi connectivity index (χ4v) is 3.06. The second-order valence-electron chi connectivity index (χ2n) is 5.54. The highest BCUT2D eigenvalue weighted by molar-refractivity contribution is 6.33. The molecule has 122 valence electrons. The quantitative estimate of drug-likeness (QED) is 0.897. The molecule has 1 fully saturated rings. The number of halogens is 2. The van der Waals surface area contributed by atoms with Crippen LogP contribution >= 0.6 is 23.2 Å². The Morgan fingerprint density at radius 3 is 2.52 bits per heavy atom. The van der Waals surface area contributed by atoms with Gasteiger partial charge in [-0.1, -0.05) is 23.2 Å². The van der Waals surface area contributed by atoms with Gasteiger partial charge < -0.3 is 10.0 Å². The highest BCUT2D eigenvalue weighted by atomic mass is 35.5. The van der Waals surface area contributed by atoms with E-state index in [9.17, 15) is 9.90 Å². The zero-order valence-electron chi connectivity index (χ0n) is 12.5. The van der Waals surface area contributed by atoms with E-state index in [0.29, 0.717) is 29.0 Å². The first kappa shape index (κ1) is 16.3. The Morgan fingerprint density at radius 2 is 1.96 bits per heavy atom. The summed E-state index contributed by atoms with van der Waals surface area (Å²) in [7, 11) is 0. The van der Waals surface area contributed by atoms with E-state index in [0.717, 1.165) is 19.3 Å². The van der Waals surface area contributed by atoms with Crippen LogP contribution in [0.1, 0.15) is 19.3 Å². The topological polar surface area (TPSA) is 58.4 Å². The minimum atomic E-state index is -0.381. The van der Waals surface area contributed by atoms with Crippen LogP contribution in [0.5, 0.6) is 0 Å². The SMILES string of the molecule is O=c1c(Cl)c(N(CCO)C2CCC2)cnn1-c1ccc(Cl)cc1. The molecular weight excluding hydrogens is 337 g/mol. The molecule has 0 aliphatic heterocycles. The highest BCUT2D eigenvalue weighted by Gasteiger charge is 2.27. The number of hydrogen-bond acceptors (Lipinski definition) is 4. The van der Waals surface area contributed by atoms with E-state index in [1.165, 1.54) is 4.68 Å². The van der Waals surface area contributed by atoms with Gasteiger partial charge in [0.1, 0.15) is 5.02 Å². The second-order valence-corrected chi connectivity index (χ2v) is 6.35. The summed E-state index contributed by atoms with van der Waals surface area (Å²) in [6.45, 7) is 0.448. The smallest absolute Gasteiger partial charge is 0.292 e. The number of benzene rings is 1. The molecule has 1 heterocycles. The summed E-state index contributed by atoms with van der Waals surface area (Å²) in [6, 6.07) is 7.12. The predicted molar refractivity (Wildman–Crippen MR) is 91.9 cm³/mol. The van der Waals surface area contributed by atoms with Crippen molar-refractivity contribution in [1.82, 2.24) is 9.78 Å². The zero-order valence-corrected chi connectivity index (χ0v) is 14.0. The summed E-state index contributed by atoms with van der Waals surface area (Å²) in [6.07, 6.45) is 4.82. The first-order valence-corrected chi connectivity index (χ1v) is 8.28. The first-order chi connectivity index (χ1) is 11.1. The Balaban J connectivity index is 1.99. The van der Waals surface area contributed by atoms with Gasteiger partial charge in [0, 0.05) is 17.6 Å². The lowest BCUT2D eigenvalue weighted by Gasteiger charge is -2.39. The molecule has 0 amide bonds. The van der Waals surface area contributed by atoms with Crippen LogP contribution in [0.4, 0.5) is 5.69 Å². The molecule has 1 aliphatic rings. The number of nitrogens with zero attached hydrogens (tertiary/aromatic N) is 3. The largest absolute Gasteiger partial charge is 0.395 e. The van der Waals surface area contributed by atoms with Crippen molar-refractivity contribution in [3.05, 3.63) is 50.9 Å². The van der Waals surface area contributed by atoms with E-state index in [1.807, 2.05) is 4.90 Å². The standard InChI is InChI=1S/C16H17Cl2N3O2/c17-11-4-6-13(7-5-11)21-16(23)15(18)14(10-19-21)20(8-9-22)12-2-1-3-12/h4-7,10,12,22H,1-3,8-9H2. The Bertz CT molecular complexity index is 742. The Morgan fingerprint density at radius 1 is 1.26 bits per heavy atom. The van der Waals surface area contributed by atoms with E-state index in [-0.39, 0.29) is 17.2 Å². The normalized spacial score (nSPS) is 14.6. The molecule has 23 heavy (non-hydrogen) atoms. The second kappa shape index (κ2) is 6.91. The molecule has 0 atom stereocenters. The molecule has 1 aromatic carbocycles. The molecule has 1 aromatic heterocycles. The summed E-state index contributed by atoms with van der Waals surface area (Å²) in [5.74, 6) is 0. The van der Waals surface area contributed by atoms with Crippen LogP contribution in [-0.2, 0) is 0 Å². The third kappa shape index (κ3) is 3.22. The lowest BCUT2D eigenvalue weighted by Crippen LogP contribution is -2.43. The molecule has 1 saturated carbocycles. The first-order valence-electron chi connectivity index (χ1n) is 7.53. The molecule has 0 saturated heterocycles. The van der Waals surface area contributed by atoms with Crippen molar-refractivity contribution in [3.63, 3.8) is 0 Å². The maximum atomic E-state index is 12.6. The van der Waals surface area contributed by atoms with E-state index in [1.54, 1.807) is 30.5 Å². The van der Waals surface area contributed by atoms with Crippen LogP contribution in [0.25, 0.3) is 5.69 Å². The third-order valence-corrected chi connectivity index (χ3v) is 4.74. The summed E-state index contributed by atoms with van der Waals surface area (Å²) in [5.41, 5.74) is 0.805. The average Bonchev–Trinajstić information content (AvgIpc) is 2.49. The Kier molecular flexibility index (Phi) is 4.90. The summed E-state index contributed by atoms with van der Waals surface area (Å²) in [4.78, 5) is 14.5. The Hall–Kier alpha value is -1.56. The maximum absolute atomic E-state index is 12.6. The van der Waals surface area contributed by atoms with Gasteiger partial charge in [-0.15, -0.1) is 0 Å². The van der Waals surface area contributed by atoms with Crippen LogP contribution in [0.3, 0.4) is 0 Å². The van der Waals surface area contributed by atoms with Crippen molar-refractivity contribution in [2.75, 3.05) is 18.1 Å². The predicted octanol–water partition coefficient (Wildman–Crippen LogP) is 2.89. The molecule has 2 aromatic rings. The molecule has 3 rings (SSSR count). The van der Waals surface area contributed by atoms with Crippen molar-refractivity contribution in [2.24, 2.45) is 0 Å². The van der Waals surface area contributed by atoms with Crippen molar-refractivity contribution in [3.8, 4) is 5.69 Å². The Labute approximate surface area is 144 Å². The molecule has 0 bridgehead atoms. The van der Waals surface area contributed by atoms with Gasteiger partial charge in [0.15, 0.2) is 0 Å². The third-order valence-electron chi connectivity index (χ3n) is 4.14. The minimum Gasteiger partial charge on any atom is -0.395 e. The molecule has 1 N–H and O–H groups in total. The number of aromatic nitrogens is 2. The van der Waals surface area contributed by atoms with Crippen LogP contribution < -0.4 is 10.5 Å². The van der Waals surface area contributed by atoms with Crippen LogP contribution in [0.15, 0.2) is 35.3 Å². The lowest BCUT2D eigenvalue weighted by molar-refractivity contribution is 0.283. The van der Waals surface area contributed by atoms with Crippen molar-refractivity contribution >= 4 is 28.9 Å². The molecular formula is C16H17Cl2N3O2. The molecule has 0 unspecified atom stereocenters. The van der Waals surface area contributed by atoms with E-state index in [4.69, 9.17) is 23.2 Å². The summed E-state index contributed by atoms with van der Waals surface area (Å²) in [5, 5.41) is 14.2. The van der Waals surface area contributed by atoms with Gasteiger partial charge in [-0.2, -0.15) is 9.78 Å². The maximum Gasteiger partial charge on any atom is 0.292 e. The van der Waals surface area contributed by atoms with Gasteiger partial charge in [0.25, 0.3) is 5.56 Å². The zero-order chi connectivity index (χ0) is 16.4. The monoisotopic (exact) mass is 353 g/mol. The van der Waals surface area contributed by atoms with Gasteiger partial charge in [-0.05, 0) is 43.5 Å². The lowest BCUT2D eigenvalue weighted by atomic mass is 9.91. The fraction of sp³-hybridized carbons (Fsp3) is 0.375. The van der Waals surface area contributed by atoms with Crippen molar-refractivity contribution < 1.29 is 5.11 Å². The van der Waals surface area contributed by atoms with E-state index < -0.39 is 0 Å². The van der Waals surface area contributed by atoms with Gasteiger partial charge in [-0.25, -0.2) is 0 Å². The van der Waals surface area contributed by atoms with Gasteiger partial charge in [-0.3, -0.25) is 4.79 Å². The molecule has 5 nitrogen and oxygen atoms in total. The molecule has 1 aliphatic carbocycles. The highest BCUT2D eigenvalue weighted by Crippen LogP contribution is 2.31. The number of aliphatic hydroxyl groups is 1. The number of hydrogen-bond donors (Lipinski definition) is 1. The molecule has 0 spiro atoms. The van der Waals surface area contributed by atoms with Crippen LogP contribution in [0, 0.1) is 0 Å². The van der Waals surface area contributed by atoms with Crippen molar-refractivity contribution in [2.45, 2.75) is 25.3 Å². The molecule has 7 heteroatoms. The van der Waals surface area contributed by atoms with E-state index >= 15 is 0 Å². The minimum absolute atomic E-state index is 0.00704. The van der Waals surface area contributed by atoms with Gasteiger partial charge >= 0.3 is 0 Å². The van der Waals surface area contributed by atoms with E-state index in [2.05, 4.69) is 5.10 Å². The van der Waals surface area contributed by atoms with Gasteiger partial charge in [0.05, 0.1) is 24.2 Å². The number of anilines is 1. The average molecular weight is 354 g/mol. The summed E-state index contributed by atoms with van der Waals surface area (Å²) < 4.78 is 1.25. The van der Waals surface area contributed by atoms with Crippen molar-refractivity contribution in [1.29, 1.82) is 0 Å². The van der Waals surface area contributed by atoms with Gasteiger partial charge in [0.2, 0.25) is 0 Å². The number of rotatable bonds is 5. The summed E-state index contributed by atoms with van der Waals surface area (Å²) >= 11 is 12.2. The number of aliphatic hydroxyl groups excluding tert-OH is 1. The van der Waals surface area contributed by atoms with Crippen LogP contribution in [0.2, 0.25) is 10.0 Å². The van der Waals surface area contributed by atoms with Crippen LogP contribution in [-0.4, -0.2) is 34.1 Å².